The Morgan fingerprint density at radius 2 is 1.74 bits per heavy atom. The minimum Gasteiger partial charge on any atom is -0.448 e. The molecule has 0 aliphatic rings. The Morgan fingerprint density at radius 1 is 1.03 bits per heavy atom. The van der Waals surface area contributed by atoms with Crippen molar-refractivity contribution < 1.29 is 14.3 Å². The van der Waals surface area contributed by atoms with Crippen LogP contribution >= 0.6 is 11.3 Å². The van der Waals surface area contributed by atoms with Crippen molar-refractivity contribution in [3.8, 4) is 5.69 Å². The van der Waals surface area contributed by atoms with E-state index in [1.807, 2.05) is 23.6 Å². The summed E-state index contributed by atoms with van der Waals surface area (Å²) in [5.74, 6) is -1.19. The van der Waals surface area contributed by atoms with Crippen LogP contribution in [-0.2, 0) is 16.1 Å². The van der Waals surface area contributed by atoms with Gasteiger partial charge in [0.2, 0.25) is 0 Å². The number of esters is 1. The van der Waals surface area contributed by atoms with Gasteiger partial charge >= 0.3 is 5.97 Å². The van der Waals surface area contributed by atoms with Crippen LogP contribution in [0.15, 0.2) is 76.9 Å². The van der Waals surface area contributed by atoms with Crippen molar-refractivity contribution in [2.45, 2.75) is 19.6 Å². The maximum absolute atomic E-state index is 12.9. The molecule has 4 aromatic rings. The molecule has 2 heterocycles. The molecule has 0 fully saturated rings. The molecule has 0 saturated heterocycles. The van der Waals surface area contributed by atoms with Crippen molar-refractivity contribution in [2.24, 2.45) is 0 Å². The molecule has 1 unspecified atom stereocenters. The number of nitrogens with one attached hydrogen (secondary N) is 1. The maximum atomic E-state index is 12.9. The average Bonchev–Trinajstić information content (AvgIpc) is 3.32. The molecule has 0 aliphatic carbocycles. The normalized spacial score (nSPS) is 11.8. The van der Waals surface area contributed by atoms with Crippen LogP contribution in [-0.4, -0.2) is 27.8 Å². The van der Waals surface area contributed by atoms with Crippen molar-refractivity contribution in [2.75, 3.05) is 0 Å². The molecule has 1 amide bonds. The number of carbonyl (C=O) groups excluding carboxylic acids is 2. The largest absolute Gasteiger partial charge is 0.448 e. The standard InChI is InChI=1S/C23H19N3O4S/c1-15(21(27)24-14-17-10-7-13-31-17)30-23(29)20-18-11-5-6-12-19(18)22(28)26(25-20)16-8-3-2-4-9-16/h2-13,15H,14H2,1H3,(H,24,27). The summed E-state index contributed by atoms with van der Waals surface area (Å²) in [5, 5.41) is 9.64. The number of nitrogens with zero attached hydrogens (tertiary/aromatic N) is 2. The van der Waals surface area contributed by atoms with E-state index in [0.717, 1.165) is 4.88 Å². The number of para-hydroxylation sites is 1. The SMILES string of the molecule is CC(OC(=O)c1nn(-c2ccccc2)c(=O)c2ccccc12)C(=O)NCc1cccs1. The number of thiophene rings is 1. The second-order valence-electron chi connectivity index (χ2n) is 6.79. The molecule has 1 N–H and O–H groups in total. The number of ether oxygens (including phenoxy) is 1. The van der Waals surface area contributed by atoms with Crippen LogP contribution < -0.4 is 10.9 Å². The van der Waals surface area contributed by atoms with Gasteiger partial charge in [-0.15, -0.1) is 11.3 Å². The van der Waals surface area contributed by atoms with E-state index in [1.165, 1.54) is 22.9 Å². The van der Waals surface area contributed by atoms with Gasteiger partial charge in [-0.25, -0.2) is 4.79 Å². The third-order valence-electron chi connectivity index (χ3n) is 4.67. The molecule has 7 nitrogen and oxygen atoms in total. The van der Waals surface area contributed by atoms with Crippen molar-refractivity contribution in [3.63, 3.8) is 0 Å². The van der Waals surface area contributed by atoms with Crippen LogP contribution in [0.3, 0.4) is 0 Å². The lowest BCUT2D eigenvalue weighted by Crippen LogP contribution is -2.36. The second kappa shape index (κ2) is 8.93. The monoisotopic (exact) mass is 433 g/mol. The zero-order valence-electron chi connectivity index (χ0n) is 16.6. The Bertz CT molecular complexity index is 1280. The zero-order chi connectivity index (χ0) is 21.8. The van der Waals surface area contributed by atoms with Crippen molar-refractivity contribution in [3.05, 3.63) is 93.0 Å². The molecule has 0 radical (unpaired) electrons. The smallest absolute Gasteiger partial charge is 0.360 e. The first kappa shape index (κ1) is 20.5. The van der Waals surface area contributed by atoms with E-state index in [-0.39, 0.29) is 11.3 Å². The Balaban J connectivity index is 1.62. The fraction of sp³-hybridized carbons (Fsp3) is 0.130. The van der Waals surface area contributed by atoms with E-state index >= 15 is 0 Å². The minimum atomic E-state index is -1.02. The summed E-state index contributed by atoms with van der Waals surface area (Å²) < 4.78 is 6.55. The highest BCUT2D eigenvalue weighted by molar-refractivity contribution is 7.09. The molecule has 4 rings (SSSR count). The average molecular weight is 433 g/mol. The van der Waals surface area contributed by atoms with E-state index in [9.17, 15) is 14.4 Å². The number of carbonyl (C=O) groups is 2. The fourth-order valence-corrected chi connectivity index (χ4v) is 3.73. The number of amides is 1. The lowest BCUT2D eigenvalue weighted by Gasteiger charge is -2.15. The van der Waals surface area contributed by atoms with Gasteiger partial charge < -0.3 is 10.1 Å². The van der Waals surface area contributed by atoms with Crippen LogP contribution in [0.4, 0.5) is 0 Å². The van der Waals surface area contributed by atoms with Crippen LogP contribution in [0.2, 0.25) is 0 Å². The van der Waals surface area contributed by atoms with Gasteiger partial charge in [0.15, 0.2) is 11.8 Å². The molecule has 0 bridgehead atoms. The summed E-state index contributed by atoms with van der Waals surface area (Å²) in [6.45, 7) is 1.86. The van der Waals surface area contributed by atoms with Gasteiger partial charge in [-0.05, 0) is 36.6 Å². The molecule has 2 aromatic heterocycles. The molecule has 0 aliphatic heterocycles. The highest BCUT2D eigenvalue weighted by atomic mass is 32.1. The highest BCUT2D eigenvalue weighted by Crippen LogP contribution is 2.17. The summed E-state index contributed by atoms with van der Waals surface area (Å²) in [5.41, 5.74) is 0.145. The number of rotatable bonds is 6. The van der Waals surface area contributed by atoms with Crippen LogP contribution in [0.1, 0.15) is 22.3 Å². The van der Waals surface area contributed by atoms with E-state index in [2.05, 4.69) is 10.4 Å². The van der Waals surface area contributed by atoms with Gasteiger partial charge in [0.1, 0.15) is 0 Å². The first-order chi connectivity index (χ1) is 15.0. The fourth-order valence-electron chi connectivity index (χ4n) is 3.09. The molecular weight excluding hydrogens is 414 g/mol. The summed E-state index contributed by atoms with van der Waals surface area (Å²) in [7, 11) is 0. The third kappa shape index (κ3) is 4.39. The first-order valence-electron chi connectivity index (χ1n) is 9.63. The maximum Gasteiger partial charge on any atom is 0.360 e. The molecule has 0 saturated carbocycles. The molecular formula is C23H19N3O4S. The van der Waals surface area contributed by atoms with Crippen LogP contribution in [0.25, 0.3) is 16.5 Å². The van der Waals surface area contributed by atoms with E-state index < -0.39 is 18.0 Å². The predicted molar refractivity (Wildman–Crippen MR) is 118 cm³/mol. The Kier molecular flexibility index (Phi) is 5.90. The lowest BCUT2D eigenvalue weighted by molar-refractivity contribution is -0.129. The van der Waals surface area contributed by atoms with E-state index in [1.54, 1.807) is 48.5 Å². The lowest BCUT2D eigenvalue weighted by atomic mass is 10.1. The van der Waals surface area contributed by atoms with E-state index in [0.29, 0.717) is 23.0 Å². The predicted octanol–water partition coefficient (Wildman–Crippen LogP) is 3.31. The summed E-state index contributed by atoms with van der Waals surface area (Å²) in [6.07, 6.45) is -1.02. The van der Waals surface area contributed by atoms with Gasteiger partial charge in [0.25, 0.3) is 11.5 Å². The Hall–Kier alpha value is -3.78. The number of benzene rings is 2. The summed E-state index contributed by atoms with van der Waals surface area (Å²) >= 11 is 1.52. The second-order valence-corrected chi connectivity index (χ2v) is 7.82. The molecule has 31 heavy (non-hydrogen) atoms. The topological polar surface area (TPSA) is 90.3 Å². The highest BCUT2D eigenvalue weighted by Gasteiger charge is 2.23. The number of aromatic nitrogens is 2. The molecule has 156 valence electrons. The van der Waals surface area contributed by atoms with Gasteiger partial charge in [0, 0.05) is 10.3 Å². The molecule has 8 heteroatoms. The van der Waals surface area contributed by atoms with Crippen molar-refractivity contribution >= 4 is 34.0 Å². The van der Waals surface area contributed by atoms with Crippen LogP contribution in [0, 0.1) is 0 Å². The summed E-state index contributed by atoms with van der Waals surface area (Å²) in [6, 6.07) is 19.3. The van der Waals surface area contributed by atoms with E-state index in [4.69, 9.17) is 4.74 Å². The molecule has 2 aromatic carbocycles. The van der Waals surface area contributed by atoms with Gasteiger partial charge in [-0.2, -0.15) is 9.78 Å². The van der Waals surface area contributed by atoms with Crippen molar-refractivity contribution in [1.29, 1.82) is 0 Å². The minimum absolute atomic E-state index is 0.0306. The van der Waals surface area contributed by atoms with Gasteiger partial charge in [0.05, 0.1) is 17.6 Å². The first-order valence-corrected chi connectivity index (χ1v) is 10.5. The Morgan fingerprint density at radius 3 is 2.45 bits per heavy atom. The number of hydrogen-bond acceptors (Lipinski definition) is 6. The molecule has 1 atom stereocenters. The number of fused-ring (bicyclic) bond motifs is 1. The molecule has 0 spiro atoms. The van der Waals surface area contributed by atoms with Crippen LogP contribution in [0.5, 0.6) is 0 Å². The van der Waals surface area contributed by atoms with Gasteiger partial charge in [-0.3, -0.25) is 9.59 Å². The Labute approximate surface area is 181 Å². The zero-order valence-corrected chi connectivity index (χ0v) is 17.5. The van der Waals surface area contributed by atoms with Crippen molar-refractivity contribution in [1.82, 2.24) is 15.1 Å². The van der Waals surface area contributed by atoms with Gasteiger partial charge in [-0.1, -0.05) is 42.5 Å². The number of hydrogen-bond donors (Lipinski definition) is 1. The summed E-state index contributed by atoms with van der Waals surface area (Å²) in [4.78, 5) is 39.2. The quantitative estimate of drug-likeness (QED) is 0.471. The third-order valence-corrected chi connectivity index (χ3v) is 5.55.